The van der Waals surface area contributed by atoms with Crippen LogP contribution in [0.4, 0.5) is 4.79 Å². The highest BCUT2D eigenvalue weighted by atomic mass is 16.4. The zero-order valence-corrected chi connectivity index (χ0v) is 11.3. The van der Waals surface area contributed by atoms with Crippen LogP contribution in [0.15, 0.2) is 0 Å². The molecule has 0 radical (unpaired) electrons. The number of imide groups is 1. The Hall–Kier alpha value is -2.12. The third-order valence-electron chi connectivity index (χ3n) is 3.32. The van der Waals surface area contributed by atoms with Gasteiger partial charge in [-0.1, -0.05) is 0 Å². The molecule has 0 aliphatic carbocycles. The fourth-order valence-electron chi connectivity index (χ4n) is 1.59. The lowest BCUT2D eigenvalue weighted by molar-refractivity contribution is -0.148. The Morgan fingerprint density at radius 2 is 1.95 bits per heavy atom. The molecule has 106 valence electrons. The highest BCUT2D eigenvalue weighted by Gasteiger charge is 2.46. The van der Waals surface area contributed by atoms with Crippen molar-refractivity contribution < 1.29 is 24.3 Å². The molecule has 8 heteroatoms. The van der Waals surface area contributed by atoms with Crippen LogP contribution in [0.3, 0.4) is 0 Å². The van der Waals surface area contributed by atoms with Crippen molar-refractivity contribution in [2.45, 2.75) is 32.4 Å². The molecule has 0 spiro atoms. The van der Waals surface area contributed by atoms with E-state index in [1.54, 1.807) is 0 Å². The van der Waals surface area contributed by atoms with Crippen molar-refractivity contribution in [1.29, 1.82) is 0 Å². The second-order valence-electron chi connectivity index (χ2n) is 4.92. The topological polar surface area (TPSA) is 107 Å². The largest absolute Gasteiger partial charge is 0.480 e. The Balaban J connectivity index is 2.80. The van der Waals surface area contributed by atoms with Crippen molar-refractivity contribution >= 4 is 23.8 Å². The van der Waals surface area contributed by atoms with Gasteiger partial charge in [0.15, 0.2) is 0 Å². The number of nitrogens with one attached hydrogen (secondary N) is 1. The average molecular weight is 271 g/mol. The third-order valence-corrected chi connectivity index (χ3v) is 3.32. The number of carboxylic acid groups (broad SMARTS) is 1. The molecule has 2 N–H and O–H groups in total. The highest BCUT2D eigenvalue weighted by Crippen LogP contribution is 2.20. The SMILES string of the molecule is CC(C(=O)O)N(C)C(=O)CN1C(=O)NC(=O)C1(C)C. The molecule has 0 bridgehead atoms. The number of nitrogens with zero attached hydrogens (tertiary/aromatic N) is 2. The summed E-state index contributed by atoms with van der Waals surface area (Å²) in [7, 11) is 1.34. The molecule has 1 rings (SSSR count). The first-order valence-corrected chi connectivity index (χ1v) is 5.70. The summed E-state index contributed by atoms with van der Waals surface area (Å²) in [6.07, 6.45) is 0. The second-order valence-corrected chi connectivity index (χ2v) is 4.92. The first-order valence-electron chi connectivity index (χ1n) is 5.70. The molecule has 1 fully saturated rings. The zero-order chi connectivity index (χ0) is 15.0. The van der Waals surface area contributed by atoms with Gasteiger partial charge in [-0.05, 0) is 20.8 Å². The van der Waals surface area contributed by atoms with E-state index in [0.717, 1.165) is 9.80 Å². The average Bonchev–Trinajstić information content (AvgIpc) is 2.49. The zero-order valence-electron chi connectivity index (χ0n) is 11.3. The minimum Gasteiger partial charge on any atom is -0.480 e. The Bertz CT molecular complexity index is 446. The van der Waals surface area contributed by atoms with Gasteiger partial charge < -0.3 is 14.9 Å². The van der Waals surface area contributed by atoms with Gasteiger partial charge in [-0.25, -0.2) is 9.59 Å². The molecule has 1 heterocycles. The number of hydrogen-bond acceptors (Lipinski definition) is 4. The van der Waals surface area contributed by atoms with Crippen LogP contribution >= 0.6 is 0 Å². The van der Waals surface area contributed by atoms with E-state index in [1.807, 2.05) is 0 Å². The number of carbonyl (C=O) groups is 4. The fourth-order valence-corrected chi connectivity index (χ4v) is 1.59. The number of aliphatic carboxylic acids is 1. The van der Waals surface area contributed by atoms with Crippen molar-refractivity contribution in [3.63, 3.8) is 0 Å². The monoisotopic (exact) mass is 271 g/mol. The minimum atomic E-state index is -1.14. The van der Waals surface area contributed by atoms with Crippen LogP contribution in [0.5, 0.6) is 0 Å². The molecule has 0 saturated carbocycles. The van der Waals surface area contributed by atoms with Crippen molar-refractivity contribution in [1.82, 2.24) is 15.1 Å². The van der Waals surface area contributed by atoms with Gasteiger partial charge in [0.1, 0.15) is 18.1 Å². The molecule has 0 aromatic heterocycles. The molecular formula is C11H17N3O5. The van der Waals surface area contributed by atoms with Crippen molar-refractivity contribution in [2.24, 2.45) is 0 Å². The van der Waals surface area contributed by atoms with Crippen molar-refractivity contribution in [2.75, 3.05) is 13.6 Å². The maximum absolute atomic E-state index is 11.9. The van der Waals surface area contributed by atoms with Gasteiger partial charge in [-0.15, -0.1) is 0 Å². The smallest absolute Gasteiger partial charge is 0.326 e. The molecule has 0 aromatic rings. The van der Waals surface area contributed by atoms with E-state index < -0.39 is 35.4 Å². The van der Waals surface area contributed by atoms with Crippen LogP contribution in [-0.4, -0.2) is 63.9 Å². The summed E-state index contributed by atoms with van der Waals surface area (Å²) < 4.78 is 0. The summed E-state index contributed by atoms with van der Waals surface area (Å²) >= 11 is 0. The predicted octanol–water partition coefficient (Wildman–Crippen LogP) is -0.752. The summed E-state index contributed by atoms with van der Waals surface area (Å²) in [5.41, 5.74) is -1.12. The quantitative estimate of drug-likeness (QED) is 0.654. The lowest BCUT2D eigenvalue weighted by atomic mass is 10.0. The lowest BCUT2D eigenvalue weighted by Gasteiger charge is -2.30. The number of urea groups is 1. The Morgan fingerprint density at radius 1 is 1.42 bits per heavy atom. The van der Waals surface area contributed by atoms with E-state index in [-0.39, 0.29) is 6.54 Å². The van der Waals surface area contributed by atoms with Gasteiger partial charge in [-0.2, -0.15) is 0 Å². The molecule has 19 heavy (non-hydrogen) atoms. The first kappa shape index (κ1) is 14.9. The summed E-state index contributed by atoms with van der Waals surface area (Å²) in [4.78, 5) is 47.9. The van der Waals surface area contributed by atoms with Gasteiger partial charge in [0.05, 0.1) is 0 Å². The van der Waals surface area contributed by atoms with Crippen LogP contribution in [-0.2, 0) is 14.4 Å². The van der Waals surface area contributed by atoms with E-state index in [4.69, 9.17) is 5.11 Å². The van der Waals surface area contributed by atoms with Crippen LogP contribution in [0.25, 0.3) is 0 Å². The van der Waals surface area contributed by atoms with Gasteiger partial charge >= 0.3 is 12.0 Å². The normalized spacial score (nSPS) is 19.1. The Morgan fingerprint density at radius 3 is 2.32 bits per heavy atom. The fraction of sp³-hybridized carbons (Fsp3) is 0.636. The molecule has 1 unspecified atom stereocenters. The molecule has 1 atom stereocenters. The van der Waals surface area contributed by atoms with Gasteiger partial charge in [0.2, 0.25) is 5.91 Å². The molecular weight excluding hydrogens is 254 g/mol. The van der Waals surface area contributed by atoms with Crippen LogP contribution in [0.1, 0.15) is 20.8 Å². The van der Waals surface area contributed by atoms with Crippen LogP contribution < -0.4 is 5.32 Å². The summed E-state index contributed by atoms with van der Waals surface area (Å²) in [5.74, 6) is -2.18. The van der Waals surface area contributed by atoms with E-state index in [0.29, 0.717) is 0 Å². The van der Waals surface area contributed by atoms with E-state index in [1.165, 1.54) is 27.8 Å². The van der Waals surface area contributed by atoms with E-state index in [9.17, 15) is 19.2 Å². The number of amides is 4. The number of likely N-dealkylation sites (N-methyl/N-ethyl adjacent to an activating group) is 1. The maximum atomic E-state index is 11.9. The minimum absolute atomic E-state index is 0.349. The molecule has 0 aromatic carbocycles. The molecule has 8 nitrogen and oxygen atoms in total. The first-order chi connectivity index (χ1) is 8.59. The van der Waals surface area contributed by atoms with Gasteiger partial charge in [0, 0.05) is 7.05 Å². The van der Waals surface area contributed by atoms with Crippen molar-refractivity contribution in [3.8, 4) is 0 Å². The number of rotatable bonds is 4. The Labute approximate surface area is 110 Å². The second kappa shape index (κ2) is 4.87. The third kappa shape index (κ3) is 2.67. The molecule has 1 aliphatic rings. The molecule has 1 aliphatic heterocycles. The maximum Gasteiger partial charge on any atom is 0.326 e. The van der Waals surface area contributed by atoms with Gasteiger partial charge in [-0.3, -0.25) is 14.9 Å². The van der Waals surface area contributed by atoms with Crippen molar-refractivity contribution in [3.05, 3.63) is 0 Å². The summed E-state index contributed by atoms with van der Waals surface area (Å²) in [5, 5.41) is 10.9. The van der Waals surface area contributed by atoms with E-state index >= 15 is 0 Å². The number of carbonyl (C=O) groups excluding carboxylic acids is 3. The predicted molar refractivity (Wildman–Crippen MR) is 64.2 cm³/mol. The standard InChI is InChI=1S/C11H17N3O5/c1-6(8(16)17)13(4)7(15)5-14-10(19)12-9(18)11(14,2)3/h6H,5H2,1-4H3,(H,16,17)(H,12,18,19). The number of carboxylic acids is 1. The Kier molecular flexibility index (Phi) is 3.83. The highest BCUT2D eigenvalue weighted by molar-refractivity contribution is 6.07. The molecule has 1 saturated heterocycles. The summed E-state index contributed by atoms with van der Waals surface area (Å²) in [6, 6.07) is -1.66. The van der Waals surface area contributed by atoms with E-state index in [2.05, 4.69) is 5.32 Å². The lowest BCUT2D eigenvalue weighted by Crippen LogP contribution is -2.51. The van der Waals surface area contributed by atoms with Crippen LogP contribution in [0, 0.1) is 0 Å². The number of hydrogen-bond donors (Lipinski definition) is 2. The molecule has 4 amide bonds. The van der Waals surface area contributed by atoms with Crippen LogP contribution in [0.2, 0.25) is 0 Å². The van der Waals surface area contributed by atoms with Gasteiger partial charge in [0.25, 0.3) is 5.91 Å². The summed E-state index contributed by atoms with van der Waals surface area (Å²) in [6.45, 7) is 4.04.